The van der Waals surface area contributed by atoms with Crippen molar-refractivity contribution in [1.82, 2.24) is 0 Å². The molecule has 0 aliphatic carbocycles. The van der Waals surface area contributed by atoms with Gasteiger partial charge in [0.1, 0.15) is 23.0 Å². The molecule has 4 N–H and O–H groups in total. The minimum atomic E-state index is 0.484. The first-order valence-corrected chi connectivity index (χ1v) is 6.59. The predicted octanol–water partition coefficient (Wildman–Crippen LogP) is 2.55. The number of methoxy groups -OCH3 is 4. The number of nitrogens with two attached hydrogens (primary N) is 2. The average Bonchev–Trinajstić information content (AvgIpc) is 2.53. The molecule has 22 heavy (non-hydrogen) atoms. The monoisotopic (exact) mass is 304 g/mol. The largest absolute Gasteiger partial charge is 0.497 e. The number of benzene rings is 2. The number of hydrogen-bond donors (Lipinski definition) is 2. The van der Waals surface area contributed by atoms with E-state index >= 15 is 0 Å². The van der Waals surface area contributed by atoms with E-state index in [1.807, 2.05) is 0 Å². The van der Waals surface area contributed by atoms with Crippen LogP contribution in [0.3, 0.4) is 0 Å². The van der Waals surface area contributed by atoms with Gasteiger partial charge in [-0.3, -0.25) is 0 Å². The van der Waals surface area contributed by atoms with Crippen LogP contribution < -0.4 is 30.4 Å². The van der Waals surface area contributed by atoms with E-state index in [2.05, 4.69) is 0 Å². The van der Waals surface area contributed by atoms with E-state index in [0.717, 1.165) is 0 Å². The molecular weight excluding hydrogens is 284 g/mol. The Kier molecular flexibility index (Phi) is 4.50. The molecule has 0 atom stereocenters. The second-order valence-electron chi connectivity index (χ2n) is 4.59. The van der Waals surface area contributed by atoms with E-state index in [1.54, 1.807) is 52.7 Å². The summed E-state index contributed by atoms with van der Waals surface area (Å²) in [6.45, 7) is 0. The maximum absolute atomic E-state index is 6.19. The van der Waals surface area contributed by atoms with Crippen LogP contribution in [0.5, 0.6) is 23.0 Å². The fourth-order valence-corrected chi connectivity index (χ4v) is 2.34. The first-order chi connectivity index (χ1) is 10.5. The highest BCUT2D eigenvalue weighted by Crippen LogP contribution is 2.48. The molecular formula is C16H20N2O4. The van der Waals surface area contributed by atoms with E-state index in [1.165, 1.54) is 0 Å². The van der Waals surface area contributed by atoms with E-state index in [9.17, 15) is 0 Å². The third kappa shape index (κ3) is 2.67. The first kappa shape index (κ1) is 15.6. The Morgan fingerprint density at radius 2 is 1.14 bits per heavy atom. The van der Waals surface area contributed by atoms with Crippen molar-refractivity contribution in [3.8, 4) is 34.1 Å². The maximum atomic E-state index is 6.19. The Bertz CT molecular complexity index is 661. The molecule has 0 aromatic heterocycles. The number of rotatable bonds is 5. The smallest absolute Gasteiger partial charge is 0.132 e. The number of hydrogen-bond acceptors (Lipinski definition) is 6. The molecule has 0 fully saturated rings. The number of nitrogen functional groups attached to an aromatic ring is 2. The molecule has 118 valence electrons. The summed E-state index contributed by atoms with van der Waals surface area (Å²) >= 11 is 0. The summed E-state index contributed by atoms with van der Waals surface area (Å²) in [4.78, 5) is 0. The molecule has 0 saturated carbocycles. The summed E-state index contributed by atoms with van der Waals surface area (Å²) in [5.41, 5.74) is 14.4. The van der Waals surface area contributed by atoms with Crippen LogP contribution in [-0.2, 0) is 0 Å². The highest BCUT2D eigenvalue weighted by molar-refractivity contribution is 5.91. The lowest BCUT2D eigenvalue weighted by atomic mass is 9.99. The van der Waals surface area contributed by atoms with Crippen molar-refractivity contribution in [2.45, 2.75) is 0 Å². The van der Waals surface area contributed by atoms with Gasteiger partial charge in [-0.2, -0.15) is 0 Å². The van der Waals surface area contributed by atoms with Crippen LogP contribution in [0.15, 0.2) is 24.3 Å². The zero-order chi connectivity index (χ0) is 16.3. The van der Waals surface area contributed by atoms with Gasteiger partial charge in [-0.25, -0.2) is 0 Å². The standard InChI is InChI=1S/C16H20N2O4/c1-19-10-7-11(18)15(14(8-10)22-4)16-12(20-2)5-9(17)6-13(16)21-3/h5-8H,17-18H2,1-4H3. The van der Waals surface area contributed by atoms with Crippen LogP contribution >= 0.6 is 0 Å². The summed E-state index contributed by atoms with van der Waals surface area (Å²) in [5.74, 6) is 2.25. The predicted molar refractivity (Wildman–Crippen MR) is 86.9 cm³/mol. The Morgan fingerprint density at radius 1 is 0.636 bits per heavy atom. The second-order valence-corrected chi connectivity index (χ2v) is 4.59. The van der Waals surface area contributed by atoms with Gasteiger partial charge in [-0.15, -0.1) is 0 Å². The highest BCUT2D eigenvalue weighted by atomic mass is 16.5. The highest BCUT2D eigenvalue weighted by Gasteiger charge is 2.21. The lowest BCUT2D eigenvalue weighted by molar-refractivity contribution is 0.390. The van der Waals surface area contributed by atoms with Crippen molar-refractivity contribution < 1.29 is 18.9 Å². The second kappa shape index (κ2) is 6.34. The fourth-order valence-electron chi connectivity index (χ4n) is 2.34. The van der Waals surface area contributed by atoms with Crippen LogP contribution in [0, 0.1) is 0 Å². The van der Waals surface area contributed by atoms with E-state index in [4.69, 9.17) is 30.4 Å². The van der Waals surface area contributed by atoms with Gasteiger partial charge in [0, 0.05) is 35.6 Å². The topological polar surface area (TPSA) is 89.0 Å². The third-order valence-electron chi connectivity index (χ3n) is 3.34. The van der Waals surface area contributed by atoms with Gasteiger partial charge in [-0.1, -0.05) is 0 Å². The van der Waals surface area contributed by atoms with Crippen LogP contribution in [-0.4, -0.2) is 28.4 Å². The molecule has 0 saturated heterocycles. The zero-order valence-corrected chi connectivity index (χ0v) is 13.1. The third-order valence-corrected chi connectivity index (χ3v) is 3.34. The minimum Gasteiger partial charge on any atom is -0.497 e. The quantitative estimate of drug-likeness (QED) is 0.825. The van der Waals surface area contributed by atoms with Crippen LogP contribution in [0.25, 0.3) is 11.1 Å². The SMILES string of the molecule is COc1cc(N)c(-c2c(OC)cc(N)cc2OC)c(OC)c1. The van der Waals surface area contributed by atoms with Crippen LogP contribution in [0.4, 0.5) is 11.4 Å². The zero-order valence-electron chi connectivity index (χ0n) is 13.1. The molecule has 2 aromatic carbocycles. The van der Waals surface area contributed by atoms with Gasteiger partial charge in [0.25, 0.3) is 0 Å². The Morgan fingerprint density at radius 3 is 1.59 bits per heavy atom. The minimum absolute atomic E-state index is 0.484. The first-order valence-electron chi connectivity index (χ1n) is 6.59. The molecule has 0 aliphatic rings. The summed E-state index contributed by atoms with van der Waals surface area (Å²) in [6.07, 6.45) is 0. The molecule has 0 unspecified atom stereocenters. The Balaban J connectivity index is 2.81. The lowest BCUT2D eigenvalue weighted by Gasteiger charge is -2.19. The summed E-state index contributed by atoms with van der Waals surface area (Å²) < 4.78 is 21.5. The number of ether oxygens (including phenoxy) is 4. The van der Waals surface area contributed by atoms with Gasteiger partial charge in [0.05, 0.1) is 39.6 Å². The van der Waals surface area contributed by atoms with Crippen molar-refractivity contribution in [3.05, 3.63) is 24.3 Å². The molecule has 2 aromatic rings. The van der Waals surface area contributed by atoms with E-state index in [-0.39, 0.29) is 0 Å². The Hall–Kier alpha value is -2.76. The molecule has 0 aliphatic heterocycles. The summed E-state index contributed by atoms with van der Waals surface area (Å²) in [7, 11) is 6.25. The van der Waals surface area contributed by atoms with Crippen LogP contribution in [0.2, 0.25) is 0 Å². The van der Waals surface area contributed by atoms with Crippen LogP contribution in [0.1, 0.15) is 0 Å². The van der Waals surface area contributed by atoms with Gasteiger partial charge in [-0.05, 0) is 0 Å². The molecule has 2 rings (SSSR count). The van der Waals surface area contributed by atoms with Gasteiger partial charge in [0.2, 0.25) is 0 Å². The normalized spacial score (nSPS) is 10.2. The summed E-state index contributed by atoms with van der Waals surface area (Å²) in [6, 6.07) is 6.88. The van der Waals surface area contributed by atoms with Crippen molar-refractivity contribution >= 4 is 11.4 Å². The van der Waals surface area contributed by atoms with E-state index < -0.39 is 0 Å². The van der Waals surface area contributed by atoms with Gasteiger partial charge < -0.3 is 30.4 Å². The average molecular weight is 304 g/mol. The molecule has 0 radical (unpaired) electrons. The lowest BCUT2D eigenvalue weighted by Crippen LogP contribution is -2.01. The molecule has 6 nitrogen and oxygen atoms in total. The molecule has 0 bridgehead atoms. The van der Waals surface area contributed by atoms with Crippen molar-refractivity contribution in [1.29, 1.82) is 0 Å². The number of anilines is 2. The molecule has 6 heteroatoms. The van der Waals surface area contributed by atoms with E-state index in [0.29, 0.717) is 45.5 Å². The fraction of sp³-hybridized carbons (Fsp3) is 0.250. The summed E-state index contributed by atoms with van der Waals surface area (Å²) in [5, 5.41) is 0. The van der Waals surface area contributed by atoms with Crippen molar-refractivity contribution in [3.63, 3.8) is 0 Å². The van der Waals surface area contributed by atoms with Crippen molar-refractivity contribution in [2.75, 3.05) is 39.9 Å². The molecule has 0 heterocycles. The van der Waals surface area contributed by atoms with Crippen molar-refractivity contribution in [2.24, 2.45) is 0 Å². The molecule has 0 spiro atoms. The van der Waals surface area contributed by atoms with Gasteiger partial charge in [0.15, 0.2) is 0 Å². The molecule has 0 amide bonds. The van der Waals surface area contributed by atoms with Gasteiger partial charge >= 0.3 is 0 Å². The Labute approximate surface area is 129 Å². The maximum Gasteiger partial charge on any atom is 0.132 e.